The summed E-state index contributed by atoms with van der Waals surface area (Å²) in [6, 6.07) is 1.11. The maximum absolute atomic E-state index is 11.2. The fraction of sp³-hybridized carbons (Fsp3) is 0.455. The van der Waals surface area contributed by atoms with E-state index in [0.29, 0.717) is 18.8 Å². The van der Waals surface area contributed by atoms with Crippen LogP contribution in [0.1, 0.15) is 23.2 Å². The number of hydrogen-bond acceptors (Lipinski definition) is 6. The molecule has 19 heavy (non-hydrogen) atoms. The summed E-state index contributed by atoms with van der Waals surface area (Å²) in [5, 5.41) is 19.8. The molecule has 8 heteroatoms. The van der Waals surface area contributed by atoms with Gasteiger partial charge in [0.15, 0.2) is 6.20 Å². The summed E-state index contributed by atoms with van der Waals surface area (Å²) in [7, 11) is 0. The third kappa shape index (κ3) is 2.79. The van der Waals surface area contributed by atoms with E-state index in [1.165, 1.54) is 6.20 Å². The molecule has 0 saturated carbocycles. The van der Waals surface area contributed by atoms with Crippen LogP contribution in [-0.4, -0.2) is 40.1 Å². The number of nitro groups is 1. The normalized spacial score (nSPS) is 16.4. The molecule has 0 unspecified atom stereocenters. The number of piperidine rings is 1. The van der Waals surface area contributed by atoms with E-state index in [9.17, 15) is 14.9 Å². The van der Waals surface area contributed by atoms with Crippen molar-refractivity contribution in [2.45, 2.75) is 18.9 Å². The molecule has 0 radical (unpaired) electrons. The average molecular weight is 266 g/mol. The summed E-state index contributed by atoms with van der Waals surface area (Å²) >= 11 is 0. The molecular weight excluding hydrogens is 252 g/mol. The minimum Gasteiger partial charge on any atom is -0.478 e. The number of carbonyl (C=O) groups is 1. The van der Waals surface area contributed by atoms with Crippen LogP contribution in [0.5, 0.6) is 0 Å². The third-order valence-corrected chi connectivity index (χ3v) is 3.17. The molecule has 3 N–H and O–H groups in total. The Labute approximate surface area is 109 Å². The molecule has 102 valence electrons. The first-order chi connectivity index (χ1) is 8.99. The van der Waals surface area contributed by atoms with Crippen LogP contribution in [0.2, 0.25) is 0 Å². The first-order valence-corrected chi connectivity index (χ1v) is 5.87. The maximum Gasteiger partial charge on any atom is 0.364 e. The SMILES string of the molecule is NC1CCN(c2cnc([N+](=O)[O-])cc2C(=O)O)CC1. The second kappa shape index (κ2) is 5.19. The molecule has 0 amide bonds. The number of pyridine rings is 1. The van der Waals surface area contributed by atoms with Crippen molar-refractivity contribution in [3.05, 3.63) is 27.9 Å². The standard InChI is InChI=1S/C11H14N4O4/c12-7-1-3-14(4-2-7)9-6-13-10(15(18)19)5-8(9)11(16)17/h5-7H,1-4,12H2,(H,16,17). The summed E-state index contributed by atoms with van der Waals surface area (Å²) < 4.78 is 0. The van der Waals surface area contributed by atoms with Crippen molar-refractivity contribution in [1.29, 1.82) is 0 Å². The molecule has 2 rings (SSSR count). The molecule has 0 aromatic carbocycles. The molecular formula is C11H14N4O4. The van der Waals surface area contributed by atoms with E-state index in [4.69, 9.17) is 10.8 Å². The molecule has 1 aliphatic rings. The van der Waals surface area contributed by atoms with Gasteiger partial charge in [-0.2, -0.15) is 0 Å². The van der Waals surface area contributed by atoms with Crippen molar-refractivity contribution in [3.8, 4) is 0 Å². The van der Waals surface area contributed by atoms with E-state index in [1.807, 2.05) is 4.90 Å². The molecule has 1 aliphatic heterocycles. The molecule has 8 nitrogen and oxygen atoms in total. The summed E-state index contributed by atoms with van der Waals surface area (Å²) in [4.78, 5) is 26.7. The van der Waals surface area contributed by atoms with Gasteiger partial charge in [-0.05, 0) is 22.7 Å². The lowest BCUT2D eigenvalue weighted by Gasteiger charge is -2.31. The first-order valence-electron chi connectivity index (χ1n) is 5.87. The van der Waals surface area contributed by atoms with Gasteiger partial charge in [-0.25, -0.2) is 4.79 Å². The molecule has 1 saturated heterocycles. The average Bonchev–Trinajstić information content (AvgIpc) is 2.38. The maximum atomic E-state index is 11.2. The van der Waals surface area contributed by atoms with E-state index in [1.54, 1.807) is 0 Å². The molecule has 0 aliphatic carbocycles. The van der Waals surface area contributed by atoms with E-state index >= 15 is 0 Å². The Kier molecular flexibility index (Phi) is 3.61. The molecule has 0 atom stereocenters. The highest BCUT2D eigenvalue weighted by Gasteiger charge is 2.24. The van der Waals surface area contributed by atoms with Crippen molar-refractivity contribution >= 4 is 17.5 Å². The fourth-order valence-electron chi connectivity index (χ4n) is 2.10. The van der Waals surface area contributed by atoms with Crippen molar-refractivity contribution in [3.63, 3.8) is 0 Å². The van der Waals surface area contributed by atoms with Gasteiger partial charge in [0.05, 0.1) is 17.3 Å². The third-order valence-electron chi connectivity index (χ3n) is 3.17. The monoisotopic (exact) mass is 266 g/mol. The Morgan fingerprint density at radius 3 is 2.68 bits per heavy atom. The zero-order chi connectivity index (χ0) is 14.0. The predicted molar refractivity (Wildman–Crippen MR) is 67.3 cm³/mol. The number of rotatable bonds is 3. The van der Waals surface area contributed by atoms with Crippen molar-refractivity contribution in [2.24, 2.45) is 5.73 Å². The van der Waals surface area contributed by atoms with E-state index in [-0.39, 0.29) is 11.6 Å². The molecule has 1 aromatic heterocycles. The summed E-state index contributed by atoms with van der Waals surface area (Å²) in [6.07, 6.45) is 2.77. The number of carboxylic acids is 1. The van der Waals surface area contributed by atoms with Crippen LogP contribution >= 0.6 is 0 Å². The van der Waals surface area contributed by atoms with Gasteiger partial charge in [0.1, 0.15) is 0 Å². The highest BCUT2D eigenvalue weighted by Crippen LogP contribution is 2.25. The second-order valence-electron chi connectivity index (χ2n) is 4.45. The van der Waals surface area contributed by atoms with Crippen LogP contribution < -0.4 is 10.6 Å². The number of carboxylic acid groups (broad SMARTS) is 1. The summed E-state index contributed by atoms with van der Waals surface area (Å²) in [6.45, 7) is 1.25. The van der Waals surface area contributed by atoms with Gasteiger partial charge in [0.2, 0.25) is 0 Å². The molecule has 1 aromatic rings. The highest BCUT2D eigenvalue weighted by molar-refractivity contribution is 5.94. The minimum atomic E-state index is -1.20. The topological polar surface area (TPSA) is 123 Å². The number of aromatic carboxylic acids is 1. The minimum absolute atomic E-state index is 0.0998. The van der Waals surface area contributed by atoms with Crippen LogP contribution in [0.15, 0.2) is 12.3 Å². The van der Waals surface area contributed by atoms with Crippen LogP contribution in [0.3, 0.4) is 0 Å². The zero-order valence-electron chi connectivity index (χ0n) is 10.2. The number of anilines is 1. The lowest BCUT2D eigenvalue weighted by molar-refractivity contribution is -0.389. The number of aromatic nitrogens is 1. The molecule has 2 heterocycles. The van der Waals surface area contributed by atoms with Gasteiger partial charge in [-0.1, -0.05) is 0 Å². The van der Waals surface area contributed by atoms with Crippen LogP contribution in [0.25, 0.3) is 0 Å². The second-order valence-corrected chi connectivity index (χ2v) is 4.45. The van der Waals surface area contributed by atoms with Crippen LogP contribution in [0.4, 0.5) is 11.5 Å². The Morgan fingerprint density at radius 2 is 2.16 bits per heavy atom. The van der Waals surface area contributed by atoms with Crippen molar-refractivity contribution < 1.29 is 14.8 Å². The Bertz CT molecular complexity index is 511. The Morgan fingerprint density at radius 1 is 1.53 bits per heavy atom. The van der Waals surface area contributed by atoms with E-state index in [0.717, 1.165) is 18.9 Å². The van der Waals surface area contributed by atoms with Crippen molar-refractivity contribution in [1.82, 2.24) is 4.98 Å². The lowest BCUT2D eigenvalue weighted by Crippen LogP contribution is -2.40. The molecule has 1 fully saturated rings. The Balaban J connectivity index is 2.34. The summed E-state index contributed by atoms with van der Waals surface area (Å²) in [5.41, 5.74) is 6.10. The van der Waals surface area contributed by atoms with Gasteiger partial charge in [-0.3, -0.25) is 0 Å². The van der Waals surface area contributed by atoms with Crippen LogP contribution in [-0.2, 0) is 0 Å². The smallest absolute Gasteiger partial charge is 0.364 e. The fourth-order valence-corrected chi connectivity index (χ4v) is 2.10. The van der Waals surface area contributed by atoms with Gasteiger partial charge in [0.25, 0.3) is 0 Å². The van der Waals surface area contributed by atoms with Crippen LogP contribution in [0, 0.1) is 10.1 Å². The van der Waals surface area contributed by atoms with E-state index < -0.39 is 16.7 Å². The summed E-state index contributed by atoms with van der Waals surface area (Å²) in [5.74, 6) is -1.66. The lowest BCUT2D eigenvalue weighted by atomic mass is 10.0. The number of nitrogens with zero attached hydrogens (tertiary/aromatic N) is 3. The van der Waals surface area contributed by atoms with E-state index in [2.05, 4.69) is 4.98 Å². The zero-order valence-corrected chi connectivity index (χ0v) is 10.2. The molecule has 0 spiro atoms. The largest absolute Gasteiger partial charge is 0.478 e. The number of hydrogen-bond donors (Lipinski definition) is 2. The van der Waals surface area contributed by atoms with Gasteiger partial charge in [0, 0.05) is 19.1 Å². The van der Waals surface area contributed by atoms with Gasteiger partial charge < -0.3 is 25.9 Å². The van der Waals surface area contributed by atoms with Crippen molar-refractivity contribution in [2.75, 3.05) is 18.0 Å². The first kappa shape index (κ1) is 13.2. The predicted octanol–water partition coefficient (Wildman–Crippen LogP) is 0.615. The number of nitrogens with two attached hydrogens (primary N) is 1. The highest BCUT2D eigenvalue weighted by atomic mass is 16.6. The Hall–Kier alpha value is -2.22. The van der Waals surface area contributed by atoms with Gasteiger partial charge in [-0.15, -0.1) is 0 Å². The quantitative estimate of drug-likeness (QED) is 0.607. The molecule has 0 bridgehead atoms. The van der Waals surface area contributed by atoms with Gasteiger partial charge >= 0.3 is 11.8 Å².